The van der Waals surface area contributed by atoms with Gasteiger partial charge in [-0.3, -0.25) is 0 Å². The van der Waals surface area contributed by atoms with E-state index in [0.29, 0.717) is 25.4 Å². The van der Waals surface area contributed by atoms with Gasteiger partial charge < -0.3 is 14.5 Å². The highest BCUT2D eigenvalue weighted by atomic mass is 16.6. The molecular weight excluding hydrogens is 194 g/mol. The first-order valence-corrected chi connectivity index (χ1v) is 5.20. The van der Waals surface area contributed by atoms with Crippen LogP contribution in [0.2, 0.25) is 0 Å². The second kappa shape index (κ2) is 6.24. The summed E-state index contributed by atoms with van der Waals surface area (Å²) in [5.41, 5.74) is 1.61. The van der Waals surface area contributed by atoms with Crippen LogP contribution in [0.25, 0.3) is 0 Å². The smallest absolute Gasteiger partial charge is 0.339 e. The van der Waals surface area contributed by atoms with Crippen LogP contribution in [0, 0.1) is 0 Å². The van der Waals surface area contributed by atoms with Crippen molar-refractivity contribution < 1.29 is 14.3 Å². The fourth-order valence-electron chi connectivity index (χ4n) is 1.18. The van der Waals surface area contributed by atoms with Gasteiger partial charge in [-0.2, -0.15) is 0 Å². The van der Waals surface area contributed by atoms with Gasteiger partial charge >= 0.3 is 5.97 Å². The van der Waals surface area contributed by atoms with Gasteiger partial charge in [0.25, 0.3) is 0 Å². The van der Waals surface area contributed by atoms with E-state index in [2.05, 4.69) is 4.98 Å². The van der Waals surface area contributed by atoms with E-state index < -0.39 is 0 Å². The van der Waals surface area contributed by atoms with Crippen molar-refractivity contribution in [3.63, 3.8) is 0 Å². The summed E-state index contributed by atoms with van der Waals surface area (Å²) in [6.07, 6.45) is 2.55. The maximum absolute atomic E-state index is 11.4. The number of aryl methyl sites for hydroxylation is 1. The second-order valence-corrected chi connectivity index (χ2v) is 3.10. The van der Waals surface area contributed by atoms with E-state index >= 15 is 0 Å². The molecule has 0 fully saturated rings. The van der Waals surface area contributed by atoms with E-state index in [1.807, 2.05) is 19.9 Å². The van der Waals surface area contributed by atoms with Gasteiger partial charge in [0.15, 0.2) is 0 Å². The largest absolute Gasteiger partial charge is 0.460 e. The van der Waals surface area contributed by atoms with Crippen LogP contribution in [0.4, 0.5) is 0 Å². The quantitative estimate of drug-likeness (QED) is 0.576. The Morgan fingerprint density at radius 3 is 2.80 bits per heavy atom. The van der Waals surface area contributed by atoms with E-state index in [9.17, 15) is 4.79 Å². The lowest BCUT2D eigenvalue weighted by Crippen LogP contribution is -2.10. The van der Waals surface area contributed by atoms with Gasteiger partial charge in [-0.1, -0.05) is 6.92 Å². The number of hydrogen-bond donors (Lipinski definition) is 1. The maximum Gasteiger partial charge on any atom is 0.339 e. The first-order valence-electron chi connectivity index (χ1n) is 5.20. The van der Waals surface area contributed by atoms with Crippen LogP contribution in [0.15, 0.2) is 12.3 Å². The van der Waals surface area contributed by atoms with E-state index in [0.717, 1.165) is 12.1 Å². The van der Waals surface area contributed by atoms with Crippen molar-refractivity contribution in [2.45, 2.75) is 20.3 Å². The SMILES string of the molecule is CCOCCOC(=O)c1c[nH]c(CC)c1. The van der Waals surface area contributed by atoms with Gasteiger partial charge in [-0.15, -0.1) is 0 Å². The lowest BCUT2D eigenvalue weighted by Gasteiger charge is -2.02. The molecule has 15 heavy (non-hydrogen) atoms. The number of H-pyrrole nitrogens is 1. The molecule has 1 aromatic heterocycles. The molecule has 0 aliphatic carbocycles. The summed E-state index contributed by atoms with van der Waals surface area (Å²) in [4.78, 5) is 14.4. The minimum atomic E-state index is -0.300. The van der Waals surface area contributed by atoms with Crippen LogP contribution < -0.4 is 0 Å². The molecular formula is C11H17NO3. The minimum absolute atomic E-state index is 0.300. The number of ether oxygens (including phenoxy) is 2. The number of aromatic amines is 1. The van der Waals surface area contributed by atoms with Crippen molar-refractivity contribution in [1.82, 2.24) is 4.98 Å². The fourth-order valence-corrected chi connectivity index (χ4v) is 1.18. The molecule has 1 aromatic rings. The van der Waals surface area contributed by atoms with Gasteiger partial charge in [0, 0.05) is 18.5 Å². The molecule has 1 rings (SSSR count). The fraction of sp³-hybridized carbons (Fsp3) is 0.545. The molecule has 0 aromatic carbocycles. The molecule has 0 saturated heterocycles. The van der Waals surface area contributed by atoms with E-state index in [1.54, 1.807) is 6.20 Å². The first kappa shape index (κ1) is 11.8. The molecule has 84 valence electrons. The molecule has 0 spiro atoms. The third kappa shape index (κ3) is 3.75. The summed E-state index contributed by atoms with van der Waals surface area (Å²) < 4.78 is 10.1. The number of nitrogens with one attached hydrogen (secondary N) is 1. The summed E-state index contributed by atoms with van der Waals surface area (Å²) in [5.74, 6) is -0.300. The number of esters is 1. The highest BCUT2D eigenvalue weighted by molar-refractivity contribution is 5.89. The summed E-state index contributed by atoms with van der Waals surface area (Å²) in [6, 6.07) is 1.81. The minimum Gasteiger partial charge on any atom is -0.460 e. The zero-order chi connectivity index (χ0) is 11.1. The molecule has 1 N–H and O–H groups in total. The number of carbonyl (C=O) groups is 1. The summed E-state index contributed by atoms with van der Waals surface area (Å²) in [5, 5.41) is 0. The van der Waals surface area contributed by atoms with Crippen LogP contribution >= 0.6 is 0 Å². The summed E-state index contributed by atoms with van der Waals surface area (Å²) in [7, 11) is 0. The average molecular weight is 211 g/mol. The number of carbonyl (C=O) groups excluding carboxylic acids is 1. The van der Waals surface area contributed by atoms with Crippen LogP contribution in [-0.2, 0) is 15.9 Å². The zero-order valence-corrected chi connectivity index (χ0v) is 9.21. The Morgan fingerprint density at radius 2 is 2.20 bits per heavy atom. The van der Waals surface area contributed by atoms with Crippen molar-refractivity contribution in [3.05, 3.63) is 23.5 Å². The molecule has 0 aliphatic heterocycles. The number of hydrogen-bond acceptors (Lipinski definition) is 3. The van der Waals surface area contributed by atoms with Crippen molar-refractivity contribution in [2.24, 2.45) is 0 Å². The molecule has 4 nitrogen and oxygen atoms in total. The summed E-state index contributed by atoms with van der Waals surface area (Å²) >= 11 is 0. The molecule has 0 bridgehead atoms. The first-order chi connectivity index (χ1) is 7.27. The van der Waals surface area contributed by atoms with Crippen molar-refractivity contribution in [1.29, 1.82) is 0 Å². The lowest BCUT2D eigenvalue weighted by molar-refractivity contribution is 0.0335. The highest BCUT2D eigenvalue weighted by Crippen LogP contribution is 2.05. The molecule has 0 amide bonds. The molecule has 0 saturated carbocycles. The molecule has 4 heteroatoms. The average Bonchev–Trinajstić information content (AvgIpc) is 2.72. The Bertz CT molecular complexity index is 307. The van der Waals surface area contributed by atoms with Gasteiger partial charge in [0.1, 0.15) is 6.61 Å². The van der Waals surface area contributed by atoms with Crippen LogP contribution in [-0.4, -0.2) is 30.8 Å². The van der Waals surface area contributed by atoms with Gasteiger partial charge in [-0.25, -0.2) is 4.79 Å². The van der Waals surface area contributed by atoms with E-state index in [1.165, 1.54) is 0 Å². The normalized spacial score (nSPS) is 10.3. The van der Waals surface area contributed by atoms with Crippen molar-refractivity contribution in [2.75, 3.05) is 19.8 Å². The van der Waals surface area contributed by atoms with Gasteiger partial charge in [0.05, 0.1) is 12.2 Å². The topological polar surface area (TPSA) is 51.3 Å². The van der Waals surface area contributed by atoms with Gasteiger partial charge in [-0.05, 0) is 19.4 Å². The Kier molecular flexibility index (Phi) is 4.90. The predicted molar refractivity (Wildman–Crippen MR) is 56.9 cm³/mol. The number of aromatic nitrogens is 1. The molecule has 0 unspecified atom stereocenters. The number of rotatable bonds is 6. The molecule has 1 heterocycles. The third-order valence-electron chi connectivity index (χ3n) is 2.02. The molecule has 0 aliphatic rings. The monoisotopic (exact) mass is 211 g/mol. The van der Waals surface area contributed by atoms with Crippen molar-refractivity contribution >= 4 is 5.97 Å². The van der Waals surface area contributed by atoms with E-state index in [-0.39, 0.29) is 5.97 Å². The summed E-state index contributed by atoms with van der Waals surface area (Å²) in [6.45, 7) is 5.33. The third-order valence-corrected chi connectivity index (χ3v) is 2.02. The Labute approximate surface area is 89.6 Å². The van der Waals surface area contributed by atoms with Crippen molar-refractivity contribution in [3.8, 4) is 0 Å². The Balaban J connectivity index is 2.33. The molecule has 0 radical (unpaired) electrons. The van der Waals surface area contributed by atoms with Crippen LogP contribution in [0.1, 0.15) is 29.9 Å². The predicted octanol–water partition coefficient (Wildman–Crippen LogP) is 1.77. The Hall–Kier alpha value is -1.29. The molecule has 0 atom stereocenters. The van der Waals surface area contributed by atoms with Crippen LogP contribution in [0.5, 0.6) is 0 Å². The highest BCUT2D eigenvalue weighted by Gasteiger charge is 2.08. The zero-order valence-electron chi connectivity index (χ0n) is 9.21. The maximum atomic E-state index is 11.4. The van der Waals surface area contributed by atoms with Gasteiger partial charge in [0.2, 0.25) is 0 Å². The van der Waals surface area contributed by atoms with Crippen LogP contribution in [0.3, 0.4) is 0 Å². The Morgan fingerprint density at radius 1 is 1.40 bits per heavy atom. The van der Waals surface area contributed by atoms with E-state index in [4.69, 9.17) is 9.47 Å². The lowest BCUT2D eigenvalue weighted by atomic mass is 10.3. The second-order valence-electron chi connectivity index (χ2n) is 3.10. The standard InChI is InChI=1S/C11H17NO3/c1-3-10-7-9(8-12-10)11(13)15-6-5-14-4-2/h7-8,12H,3-6H2,1-2H3.